The number of aryl methyl sites for hydroxylation is 1. The minimum Gasteiger partial charge on any atom is -0.369 e. The summed E-state index contributed by atoms with van der Waals surface area (Å²) in [4.78, 5) is 16.7. The number of benzene rings is 2. The molecule has 0 aromatic heterocycles. The number of piperazine rings is 1. The van der Waals surface area contributed by atoms with Crippen molar-refractivity contribution in [1.82, 2.24) is 4.90 Å². The molecule has 26 heavy (non-hydrogen) atoms. The van der Waals surface area contributed by atoms with Gasteiger partial charge in [-0.25, -0.2) is 4.39 Å². The number of carbonyl (C=O) groups excluding carboxylic acids is 1. The van der Waals surface area contributed by atoms with Gasteiger partial charge in [-0.05, 0) is 48.9 Å². The van der Waals surface area contributed by atoms with Crippen LogP contribution in [0.25, 0.3) is 0 Å². The fourth-order valence-corrected chi connectivity index (χ4v) is 3.22. The Labute approximate surface area is 158 Å². The molecule has 1 saturated heterocycles. The molecule has 1 N–H and O–H groups in total. The van der Waals surface area contributed by atoms with Gasteiger partial charge in [0, 0.05) is 55.5 Å². The summed E-state index contributed by atoms with van der Waals surface area (Å²) in [5.74, 6) is -0.223. The van der Waals surface area contributed by atoms with Crippen LogP contribution >= 0.6 is 11.6 Å². The first-order valence-electron chi connectivity index (χ1n) is 8.80. The molecular weight excluding hydrogens is 353 g/mol. The number of carbonyl (C=O) groups is 1. The van der Waals surface area contributed by atoms with E-state index < -0.39 is 0 Å². The van der Waals surface area contributed by atoms with E-state index >= 15 is 0 Å². The van der Waals surface area contributed by atoms with Crippen LogP contribution in [0.2, 0.25) is 5.02 Å². The van der Waals surface area contributed by atoms with Crippen molar-refractivity contribution in [2.45, 2.75) is 13.3 Å². The summed E-state index contributed by atoms with van der Waals surface area (Å²) in [6.07, 6.45) is 0.446. The van der Waals surface area contributed by atoms with Crippen LogP contribution < -0.4 is 10.2 Å². The van der Waals surface area contributed by atoms with E-state index in [1.165, 1.54) is 12.1 Å². The van der Waals surface area contributed by atoms with Gasteiger partial charge in [0.25, 0.3) is 0 Å². The molecule has 1 aliphatic heterocycles. The molecule has 0 saturated carbocycles. The maximum absolute atomic E-state index is 13.0. The van der Waals surface area contributed by atoms with Gasteiger partial charge in [-0.15, -0.1) is 0 Å². The van der Waals surface area contributed by atoms with Crippen LogP contribution in [0, 0.1) is 12.7 Å². The Kier molecular flexibility index (Phi) is 6.12. The second-order valence-corrected chi connectivity index (χ2v) is 6.97. The van der Waals surface area contributed by atoms with Gasteiger partial charge in [0.05, 0.1) is 0 Å². The first-order chi connectivity index (χ1) is 12.5. The van der Waals surface area contributed by atoms with Gasteiger partial charge >= 0.3 is 0 Å². The lowest BCUT2D eigenvalue weighted by Gasteiger charge is -2.36. The predicted octanol–water partition coefficient (Wildman–Crippen LogP) is 3.94. The van der Waals surface area contributed by atoms with E-state index in [9.17, 15) is 9.18 Å². The van der Waals surface area contributed by atoms with E-state index in [1.807, 2.05) is 31.2 Å². The molecule has 0 atom stereocenters. The van der Waals surface area contributed by atoms with Crippen molar-refractivity contribution in [1.29, 1.82) is 0 Å². The Morgan fingerprint density at radius 3 is 2.46 bits per heavy atom. The molecule has 3 rings (SSSR count). The molecule has 0 aliphatic carbocycles. The summed E-state index contributed by atoms with van der Waals surface area (Å²) in [7, 11) is 0. The SMILES string of the molecule is Cc1ccc(NC(=O)CCN2CCN(c3ccc(F)cc3)CC2)cc1Cl. The van der Waals surface area contributed by atoms with Gasteiger partial charge < -0.3 is 10.2 Å². The number of anilines is 2. The monoisotopic (exact) mass is 375 g/mol. The Balaban J connectivity index is 1.42. The van der Waals surface area contributed by atoms with Crippen LogP contribution in [0.5, 0.6) is 0 Å². The highest BCUT2D eigenvalue weighted by Crippen LogP contribution is 2.20. The van der Waals surface area contributed by atoms with E-state index in [-0.39, 0.29) is 11.7 Å². The van der Waals surface area contributed by atoms with Gasteiger partial charge in [-0.3, -0.25) is 9.69 Å². The van der Waals surface area contributed by atoms with Gasteiger partial charge in [-0.1, -0.05) is 17.7 Å². The number of hydrogen-bond acceptors (Lipinski definition) is 3. The highest BCUT2D eigenvalue weighted by molar-refractivity contribution is 6.31. The van der Waals surface area contributed by atoms with Gasteiger partial charge in [0.2, 0.25) is 5.91 Å². The van der Waals surface area contributed by atoms with E-state index in [0.717, 1.165) is 49.7 Å². The first-order valence-corrected chi connectivity index (χ1v) is 9.18. The molecule has 1 heterocycles. The average molecular weight is 376 g/mol. The number of hydrogen-bond donors (Lipinski definition) is 1. The number of rotatable bonds is 5. The zero-order valence-corrected chi connectivity index (χ0v) is 15.6. The average Bonchev–Trinajstić information content (AvgIpc) is 2.64. The predicted molar refractivity (Wildman–Crippen MR) is 104 cm³/mol. The Morgan fingerprint density at radius 2 is 1.81 bits per heavy atom. The van der Waals surface area contributed by atoms with Crippen LogP contribution in [0.4, 0.5) is 15.8 Å². The fourth-order valence-electron chi connectivity index (χ4n) is 3.04. The molecule has 0 spiro atoms. The Hall–Kier alpha value is -2.11. The molecule has 2 aromatic carbocycles. The molecule has 4 nitrogen and oxygen atoms in total. The summed E-state index contributed by atoms with van der Waals surface area (Å²) in [6.45, 7) is 6.19. The second-order valence-electron chi connectivity index (χ2n) is 6.57. The van der Waals surface area contributed by atoms with Crippen LogP contribution in [0.15, 0.2) is 42.5 Å². The summed E-state index contributed by atoms with van der Waals surface area (Å²) < 4.78 is 13.0. The smallest absolute Gasteiger partial charge is 0.225 e. The summed E-state index contributed by atoms with van der Waals surface area (Å²) in [5.41, 5.74) is 2.76. The molecule has 1 fully saturated rings. The summed E-state index contributed by atoms with van der Waals surface area (Å²) >= 11 is 6.08. The zero-order chi connectivity index (χ0) is 18.5. The van der Waals surface area contributed by atoms with Crippen molar-refractivity contribution in [2.24, 2.45) is 0 Å². The van der Waals surface area contributed by atoms with E-state index in [0.29, 0.717) is 11.4 Å². The maximum Gasteiger partial charge on any atom is 0.225 e. The van der Waals surface area contributed by atoms with Crippen LogP contribution in [0.1, 0.15) is 12.0 Å². The van der Waals surface area contributed by atoms with E-state index in [2.05, 4.69) is 15.1 Å². The number of amides is 1. The third kappa shape index (κ3) is 4.96. The quantitative estimate of drug-likeness (QED) is 0.859. The van der Waals surface area contributed by atoms with Crippen LogP contribution in [-0.2, 0) is 4.79 Å². The first kappa shape index (κ1) is 18.7. The normalized spacial score (nSPS) is 15.1. The molecule has 0 bridgehead atoms. The van der Waals surface area contributed by atoms with E-state index in [4.69, 9.17) is 11.6 Å². The standard InChI is InChI=1S/C20H23ClFN3O/c1-15-2-5-17(14-19(15)21)23-20(26)8-9-24-10-12-25(13-11-24)18-6-3-16(22)4-7-18/h2-7,14H,8-13H2,1H3,(H,23,26). The Morgan fingerprint density at radius 1 is 1.12 bits per heavy atom. The third-order valence-corrected chi connectivity index (χ3v) is 5.08. The van der Waals surface area contributed by atoms with Crippen molar-refractivity contribution in [2.75, 3.05) is 42.9 Å². The third-order valence-electron chi connectivity index (χ3n) is 4.67. The van der Waals surface area contributed by atoms with Gasteiger partial charge in [0.15, 0.2) is 0 Å². The zero-order valence-electron chi connectivity index (χ0n) is 14.8. The number of nitrogens with zero attached hydrogens (tertiary/aromatic N) is 2. The van der Waals surface area contributed by atoms with Crippen molar-refractivity contribution in [3.63, 3.8) is 0 Å². The highest BCUT2D eigenvalue weighted by Gasteiger charge is 2.18. The Bertz CT molecular complexity index is 758. The van der Waals surface area contributed by atoms with Crippen LogP contribution in [-0.4, -0.2) is 43.5 Å². The minimum absolute atomic E-state index is 0.00844. The van der Waals surface area contributed by atoms with Crippen molar-refractivity contribution < 1.29 is 9.18 Å². The molecular formula is C20H23ClFN3O. The van der Waals surface area contributed by atoms with Crippen LogP contribution in [0.3, 0.4) is 0 Å². The molecule has 2 aromatic rings. The lowest BCUT2D eigenvalue weighted by molar-refractivity contribution is -0.116. The molecule has 6 heteroatoms. The molecule has 1 aliphatic rings. The van der Waals surface area contributed by atoms with Gasteiger partial charge in [0.1, 0.15) is 5.82 Å². The number of nitrogens with one attached hydrogen (secondary N) is 1. The van der Waals surface area contributed by atoms with E-state index in [1.54, 1.807) is 6.07 Å². The van der Waals surface area contributed by atoms with Crippen molar-refractivity contribution in [3.8, 4) is 0 Å². The summed E-state index contributed by atoms with van der Waals surface area (Å²) in [6, 6.07) is 12.1. The lowest BCUT2D eigenvalue weighted by Crippen LogP contribution is -2.47. The van der Waals surface area contributed by atoms with Crippen molar-refractivity contribution in [3.05, 3.63) is 58.9 Å². The molecule has 0 unspecified atom stereocenters. The molecule has 0 radical (unpaired) electrons. The maximum atomic E-state index is 13.0. The molecule has 138 valence electrons. The summed E-state index contributed by atoms with van der Waals surface area (Å²) in [5, 5.41) is 3.55. The van der Waals surface area contributed by atoms with Crippen molar-refractivity contribution >= 4 is 28.9 Å². The lowest BCUT2D eigenvalue weighted by atomic mass is 10.2. The second kappa shape index (κ2) is 8.52. The topological polar surface area (TPSA) is 35.6 Å². The molecule has 1 amide bonds. The fraction of sp³-hybridized carbons (Fsp3) is 0.350. The largest absolute Gasteiger partial charge is 0.369 e. The number of halogens is 2. The highest BCUT2D eigenvalue weighted by atomic mass is 35.5. The van der Waals surface area contributed by atoms with Gasteiger partial charge in [-0.2, -0.15) is 0 Å². The minimum atomic E-state index is -0.215.